The first-order chi connectivity index (χ1) is 13.1. The number of hydrogen-bond donors (Lipinski definition) is 1. The number of urea groups is 1. The summed E-state index contributed by atoms with van der Waals surface area (Å²) in [5.74, 6) is -0.545. The van der Waals surface area contributed by atoms with Crippen molar-refractivity contribution in [3.63, 3.8) is 0 Å². The molecule has 3 rings (SSSR count). The van der Waals surface area contributed by atoms with E-state index in [1.165, 1.54) is 4.90 Å². The van der Waals surface area contributed by atoms with Crippen molar-refractivity contribution in [3.05, 3.63) is 35.9 Å². The molecule has 8 heteroatoms. The summed E-state index contributed by atoms with van der Waals surface area (Å²) < 4.78 is 10.2. The molecule has 2 aliphatic heterocycles. The second kappa shape index (κ2) is 8.85. The maximum absolute atomic E-state index is 12.9. The number of hydrogen-bond acceptors (Lipinski definition) is 5. The van der Waals surface area contributed by atoms with Crippen LogP contribution in [0.5, 0.6) is 0 Å². The number of ether oxygens (including phenoxy) is 2. The highest BCUT2D eigenvalue weighted by Gasteiger charge is 2.46. The molecule has 146 valence electrons. The normalized spacial score (nSPS) is 20.0. The van der Waals surface area contributed by atoms with E-state index < -0.39 is 24.1 Å². The number of morpholine rings is 1. The zero-order chi connectivity index (χ0) is 19.2. The first-order valence-electron chi connectivity index (χ1n) is 9.24. The van der Waals surface area contributed by atoms with Gasteiger partial charge >= 0.3 is 12.0 Å². The van der Waals surface area contributed by atoms with Crippen molar-refractivity contribution in [2.75, 3.05) is 39.5 Å². The first-order valence-corrected chi connectivity index (χ1v) is 9.24. The molecule has 2 fully saturated rings. The summed E-state index contributed by atoms with van der Waals surface area (Å²) in [6.07, 6.45) is 0.390. The van der Waals surface area contributed by atoms with Gasteiger partial charge in [0.15, 0.2) is 0 Å². The molecule has 0 radical (unpaired) electrons. The molecule has 2 heterocycles. The Hall–Kier alpha value is -2.61. The lowest BCUT2D eigenvalue weighted by Gasteiger charge is -2.31. The van der Waals surface area contributed by atoms with Crippen LogP contribution in [0.15, 0.2) is 30.3 Å². The molecule has 0 aliphatic carbocycles. The molecule has 0 saturated carbocycles. The summed E-state index contributed by atoms with van der Waals surface area (Å²) in [6, 6.07) is 7.87. The summed E-state index contributed by atoms with van der Waals surface area (Å²) in [5.41, 5.74) is 0.956. The molecule has 0 unspecified atom stereocenters. The van der Waals surface area contributed by atoms with Crippen molar-refractivity contribution in [2.45, 2.75) is 25.4 Å². The molecule has 1 aromatic carbocycles. The monoisotopic (exact) mass is 375 g/mol. The quantitative estimate of drug-likeness (QED) is 0.575. The van der Waals surface area contributed by atoms with Crippen LogP contribution < -0.4 is 5.32 Å². The van der Waals surface area contributed by atoms with Crippen LogP contribution in [0.3, 0.4) is 0 Å². The SMILES string of the molecule is CCOC(=O)[C@@H]1CN1C(=O)N[C@@H](Cc1ccccc1)C(=O)N1CCOCC1. The lowest BCUT2D eigenvalue weighted by molar-refractivity contribution is -0.143. The maximum Gasteiger partial charge on any atom is 0.330 e. The third-order valence-electron chi connectivity index (χ3n) is 4.63. The Morgan fingerprint density at radius 2 is 1.93 bits per heavy atom. The van der Waals surface area contributed by atoms with E-state index in [-0.39, 0.29) is 12.5 Å². The molecule has 0 bridgehead atoms. The molecule has 0 spiro atoms. The molecule has 2 atom stereocenters. The standard InChI is InChI=1S/C19H25N3O5/c1-2-27-18(24)16-13-22(16)19(25)20-15(12-14-6-4-3-5-7-14)17(23)21-8-10-26-11-9-21/h3-7,15-16H,2,8-13H2,1H3,(H,20,25)/t15-,16-,22?/m0/s1. The van der Waals surface area contributed by atoms with E-state index in [1.807, 2.05) is 30.3 Å². The van der Waals surface area contributed by atoms with E-state index >= 15 is 0 Å². The van der Waals surface area contributed by atoms with Crippen LogP contribution in [0.1, 0.15) is 12.5 Å². The minimum absolute atomic E-state index is 0.134. The highest BCUT2D eigenvalue weighted by molar-refractivity contribution is 5.92. The van der Waals surface area contributed by atoms with E-state index in [4.69, 9.17) is 9.47 Å². The fraction of sp³-hybridized carbons (Fsp3) is 0.526. The van der Waals surface area contributed by atoms with Crippen molar-refractivity contribution >= 4 is 17.9 Å². The number of nitrogens with one attached hydrogen (secondary N) is 1. The zero-order valence-corrected chi connectivity index (χ0v) is 15.4. The summed E-state index contributed by atoms with van der Waals surface area (Å²) in [4.78, 5) is 40.3. The molecular weight excluding hydrogens is 350 g/mol. The maximum atomic E-state index is 12.9. The van der Waals surface area contributed by atoms with Gasteiger partial charge in [0.2, 0.25) is 5.91 Å². The zero-order valence-electron chi connectivity index (χ0n) is 15.4. The second-order valence-electron chi connectivity index (χ2n) is 6.55. The molecule has 1 N–H and O–H groups in total. The van der Waals surface area contributed by atoms with Crippen LogP contribution >= 0.6 is 0 Å². The summed E-state index contributed by atoms with van der Waals surface area (Å²) >= 11 is 0. The highest BCUT2D eigenvalue weighted by atomic mass is 16.5. The van der Waals surface area contributed by atoms with E-state index in [0.29, 0.717) is 39.3 Å². The Bertz CT molecular complexity index is 675. The van der Waals surface area contributed by atoms with E-state index in [0.717, 1.165) is 5.56 Å². The average molecular weight is 375 g/mol. The van der Waals surface area contributed by atoms with E-state index in [1.54, 1.807) is 11.8 Å². The Balaban J connectivity index is 1.65. The average Bonchev–Trinajstić information content (AvgIpc) is 3.50. The van der Waals surface area contributed by atoms with Crippen molar-refractivity contribution in [2.24, 2.45) is 0 Å². The number of rotatable bonds is 6. The largest absolute Gasteiger partial charge is 0.464 e. The fourth-order valence-electron chi connectivity index (χ4n) is 3.09. The van der Waals surface area contributed by atoms with Gasteiger partial charge in [0.1, 0.15) is 12.1 Å². The van der Waals surface area contributed by atoms with Gasteiger partial charge in [-0.1, -0.05) is 30.3 Å². The van der Waals surface area contributed by atoms with Gasteiger partial charge in [-0.25, -0.2) is 9.59 Å². The summed E-state index contributed by atoms with van der Waals surface area (Å²) in [5, 5.41) is 2.80. The van der Waals surface area contributed by atoms with Crippen molar-refractivity contribution in [1.82, 2.24) is 15.1 Å². The van der Waals surface area contributed by atoms with Gasteiger partial charge in [-0.05, 0) is 12.5 Å². The number of carbonyl (C=O) groups excluding carboxylic acids is 3. The first kappa shape index (κ1) is 19.2. The van der Waals surface area contributed by atoms with Crippen LogP contribution in [0.4, 0.5) is 4.79 Å². The van der Waals surface area contributed by atoms with Crippen molar-refractivity contribution in [1.29, 1.82) is 0 Å². The Kier molecular flexibility index (Phi) is 6.28. The number of benzene rings is 1. The minimum atomic E-state index is -0.693. The van der Waals surface area contributed by atoms with Gasteiger partial charge in [-0.3, -0.25) is 4.79 Å². The molecule has 3 amide bonds. The molecule has 1 aromatic rings. The van der Waals surface area contributed by atoms with Crippen LogP contribution in [-0.2, 0) is 25.5 Å². The lowest BCUT2D eigenvalue weighted by atomic mass is 10.0. The highest BCUT2D eigenvalue weighted by Crippen LogP contribution is 2.19. The molecule has 2 saturated heterocycles. The third-order valence-corrected chi connectivity index (χ3v) is 4.63. The summed E-state index contributed by atoms with van der Waals surface area (Å²) in [7, 11) is 0. The smallest absolute Gasteiger partial charge is 0.330 e. The Morgan fingerprint density at radius 3 is 2.59 bits per heavy atom. The molecule has 8 nitrogen and oxygen atoms in total. The third kappa shape index (κ3) is 4.97. The van der Waals surface area contributed by atoms with Crippen molar-refractivity contribution in [3.8, 4) is 0 Å². The van der Waals surface area contributed by atoms with Crippen molar-refractivity contribution < 1.29 is 23.9 Å². The van der Waals surface area contributed by atoms with E-state index in [9.17, 15) is 14.4 Å². The molecule has 2 aliphatic rings. The molecule has 27 heavy (non-hydrogen) atoms. The Morgan fingerprint density at radius 1 is 1.22 bits per heavy atom. The predicted molar refractivity (Wildman–Crippen MR) is 97.0 cm³/mol. The van der Waals surface area contributed by atoms with E-state index in [2.05, 4.69) is 5.32 Å². The lowest BCUT2D eigenvalue weighted by Crippen LogP contribution is -2.53. The number of amides is 3. The van der Waals surface area contributed by atoms with Crippen LogP contribution in [0, 0.1) is 0 Å². The Labute approximate surface area is 158 Å². The van der Waals surface area contributed by atoms with Crippen LogP contribution in [-0.4, -0.2) is 79.2 Å². The van der Waals surface area contributed by atoms with Crippen LogP contribution in [0.2, 0.25) is 0 Å². The topological polar surface area (TPSA) is 88.0 Å². The number of esters is 1. The van der Waals surface area contributed by atoms with Gasteiger partial charge in [-0.15, -0.1) is 0 Å². The molecular formula is C19H25N3O5. The second-order valence-corrected chi connectivity index (χ2v) is 6.55. The van der Waals surface area contributed by atoms with Gasteiger partial charge in [0, 0.05) is 19.5 Å². The molecule has 0 aromatic heterocycles. The van der Waals surface area contributed by atoms with Gasteiger partial charge < -0.3 is 24.6 Å². The number of carbonyl (C=O) groups is 3. The van der Waals surface area contributed by atoms with Gasteiger partial charge in [0.05, 0.1) is 26.4 Å². The van der Waals surface area contributed by atoms with Crippen LogP contribution in [0.25, 0.3) is 0 Å². The van der Waals surface area contributed by atoms with Gasteiger partial charge in [0.25, 0.3) is 0 Å². The number of nitrogens with zero attached hydrogens (tertiary/aromatic N) is 2. The predicted octanol–water partition coefficient (Wildman–Crippen LogP) is 0.413. The minimum Gasteiger partial charge on any atom is -0.464 e. The summed E-state index contributed by atoms with van der Waals surface area (Å²) in [6.45, 7) is 4.32. The van der Waals surface area contributed by atoms with Gasteiger partial charge in [-0.2, -0.15) is 0 Å². The fourth-order valence-corrected chi connectivity index (χ4v) is 3.09.